The molecule has 0 aliphatic heterocycles. The molecule has 0 aromatic rings. The van der Waals surface area contributed by atoms with E-state index in [0.29, 0.717) is 25.9 Å². The SMILES string of the molecule is CCCCCCCCCCCCCCCCCCCCCCCCCCC(O)C(CO)NC(=O)CCCCCCCCCCCCCCCCCCC/C=C\CCCCCCCCCCCCCCCCCCCCOC(=O)CCCCCCCCCCCCCCCCCC. The lowest BCUT2D eigenvalue weighted by atomic mass is 10.0. The fourth-order valence-corrected chi connectivity index (χ4v) is 14.8. The molecule has 6 nitrogen and oxygen atoms in total. The van der Waals surface area contributed by atoms with E-state index in [1.165, 1.54) is 456 Å². The highest BCUT2D eigenvalue weighted by Crippen LogP contribution is 2.21. The molecule has 0 rings (SSSR count). The van der Waals surface area contributed by atoms with Crippen molar-refractivity contribution < 1.29 is 24.5 Å². The fourth-order valence-electron chi connectivity index (χ4n) is 14.8. The maximum Gasteiger partial charge on any atom is 0.305 e. The summed E-state index contributed by atoms with van der Waals surface area (Å²) in [6, 6.07) is -0.539. The molecule has 0 spiro atoms. The number of esters is 1. The maximum atomic E-state index is 12.6. The summed E-state index contributed by atoms with van der Waals surface area (Å²) in [5.41, 5.74) is 0. The van der Waals surface area contributed by atoms with Crippen molar-refractivity contribution in [1.29, 1.82) is 0 Å². The molecule has 0 bridgehead atoms. The Balaban J connectivity index is 3.32. The first-order chi connectivity index (χ1) is 47.5. The number of hydrogen-bond donors (Lipinski definition) is 3. The summed E-state index contributed by atoms with van der Waals surface area (Å²) >= 11 is 0. The van der Waals surface area contributed by atoms with Crippen LogP contribution < -0.4 is 5.32 Å². The van der Waals surface area contributed by atoms with Gasteiger partial charge in [0.25, 0.3) is 0 Å². The van der Waals surface area contributed by atoms with Crippen LogP contribution in [0.25, 0.3) is 0 Å². The van der Waals surface area contributed by atoms with Crippen molar-refractivity contribution in [3.8, 4) is 0 Å². The first-order valence-corrected chi connectivity index (χ1v) is 44.9. The Morgan fingerprint density at radius 1 is 0.281 bits per heavy atom. The van der Waals surface area contributed by atoms with E-state index in [1.54, 1.807) is 0 Å². The van der Waals surface area contributed by atoms with Gasteiger partial charge in [0.1, 0.15) is 0 Å². The minimum absolute atomic E-state index is 0.0238. The van der Waals surface area contributed by atoms with E-state index < -0.39 is 12.1 Å². The first-order valence-electron chi connectivity index (χ1n) is 44.9. The van der Waals surface area contributed by atoms with Crippen LogP contribution in [0.1, 0.15) is 528 Å². The van der Waals surface area contributed by atoms with Gasteiger partial charge in [0, 0.05) is 12.8 Å². The molecule has 0 aliphatic carbocycles. The molecule has 6 heteroatoms. The number of rotatable bonds is 86. The van der Waals surface area contributed by atoms with E-state index in [-0.39, 0.29) is 18.5 Å². The second kappa shape index (κ2) is 86.0. The number of aliphatic hydroxyl groups is 2. The number of amides is 1. The second-order valence-corrected chi connectivity index (χ2v) is 31.3. The number of nitrogens with one attached hydrogen (secondary N) is 1. The molecule has 0 saturated heterocycles. The Bertz CT molecular complexity index is 1470. The zero-order valence-electron chi connectivity index (χ0n) is 65.9. The third-order valence-corrected chi connectivity index (χ3v) is 21.6. The summed E-state index contributed by atoms with van der Waals surface area (Å²) in [6.07, 6.45) is 111. The number of allylic oxidation sites excluding steroid dienone is 2. The Kier molecular flexibility index (Phi) is 84.8. The second-order valence-electron chi connectivity index (χ2n) is 31.3. The van der Waals surface area contributed by atoms with Gasteiger partial charge in [0.2, 0.25) is 5.91 Å². The summed E-state index contributed by atoms with van der Waals surface area (Å²) < 4.78 is 5.52. The van der Waals surface area contributed by atoms with Crippen LogP contribution in [0.5, 0.6) is 0 Å². The molecule has 572 valence electrons. The lowest BCUT2D eigenvalue weighted by Gasteiger charge is -2.22. The molecule has 1 amide bonds. The Morgan fingerprint density at radius 2 is 0.490 bits per heavy atom. The number of aliphatic hydroxyl groups excluding tert-OH is 2. The van der Waals surface area contributed by atoms with Crippen molar-refractivity contribution in [1.82, 2.24) is 5.32 Å². The zero-order chi connectivity index (χ0) is 69.1. The van der Waals surface area contributed by atoms with Crippen LogP contribution >= 0.6 is 0 Å². The van der Waals surface area contributed by atoms with Gasteiger partial charge >= 0.3 is 5.97 Å². The van der Waals surface area contributed by atoms with Crippen molar-refractivity contribution in [2.75, 3.05) is 13.2 Å². The normalized spacial score (nSPS) is 12.4. The van der Waals surface area contributed by atoms with E-state index >= 15 is 0 Å². The lowest BCUT2D eigenvalue weighted by molar-refractivity contribution is -0.143. The molecule has 0 radical (unpaired) electrons. The van der Waals surface area contributed by atoms with Crippen molar-refractivity contribution >= 4 is 11.9 Å². The number of carbonyl (C=O) groups is 2. The maximum absolute atomic E-state index is 12.6. The average molecular weight is 1350 g/mol. The van der Waals surface area contributed by atoms with Gasteiger partial charge in [-0.25, -0.2) is 0 Å². The molecule has 2 unspecified atom stereocenters. The largest absolute Gasteiger partial charge is 0.466 e. The van der Waals surface area contributed by atoms with Gasteiger partial charge in [-0.2, -0.15) is 0 Å². The molecule has 96 heavy (non-hydrogen) atoms. The van der Waals surface area contributed by atoms with E-state index in [0.717, 1.165) is 38.5 Å². The van der Waals surface area contributed by atoms with Gasteiger partial charge in [-0.15, -0.1) is 0 Å². The minimum atomic E-state index is -0.662. The van der Waals surface area contributed by atoms with E-state index in [4.69, 9.17) is 4.74 Å². The summed E-state index contributed by atoms with van der Waals surface area (Å²) in [5, 5.41) is 23.5. The van der Waals surface area contributed by atoms with Gasteiger partial charge in [0.15, 0.2) is 0 Å². The molecule has 0 aliphatic rings. The summed E-state index contributed by atoms with van der Waals surface area (Å²) in [6.45, 7) is 5.03. The molecule has 0 aromatic carbocycles. The van der Waals surface area contributed by atoms with Crippen LogP contribution in [0, 0.1) is 0 Å². The average Bonchev–Trinajstić information content (AvgIpc) is 2.46. The van der Waals surface area contributed by atoms with Crippen LogP contribution in [0.4, 0.5) is 0 Å². The standard InChI is InChI=1S/C90H177NO5/c1-3-5-7-9-11-13-15-17-19-21-22-23-24-42-45-48-51-54-58-62-66-70-74-78-82-88(93)87(86-92)91-89(94)83-79-75-71-67-63-59-55-52-49-46-43-40-38-36-34-32-30-28-26-25-27-29-31-33-35-37-39-41-44-47-50-53-57-61-65-69-73-77-81-85-96-90(95)84-80-76-72-68-64-60-56-20-18-16-14-12-10-8-6-4-2/h25-26,87-88,92-93H,3-24,27-86H2,1-2H3,(H,91,94)/b26-25-. The molecule has 0 fully saturated rings. The van der Waals surface area contributed by atoms with Crippen molar-refractivity contribution in [3.05, 3.63) is 12.2 Å². The van der Waals surface area contributed by atoms with Gasteiger partial charge < -0.3 is 20.3 Å². The third kappa shape index (κ3) is 81.6. The monoisotopic (exact) mass is 1350 g/mol. The predicted molar refractivity (Wildman–Crippen MR) is 426 cm³/mol. The number of ether oxygens (including phenoxy) is 1. The van der Waals surface area contributed by atoms with Crippen LogP contribution in [0.2, 0.25) is 0 Å². The molecule has 0 aromatic heterocycles. The number of carbonyl (C=O) groups excluding carboxylic acids is 2. The van der Waals surface area contributed by atoms with Crippen molar-refractivity contribution in [3.63, 3.8) is 0 Å². The van der Waals surface area contributed by atoms with E-state index in [9.17, 15) is 19.8 Å². The van der Waals surface area contributed by atoms with Gasteiger partial charge in [-0.1, -0.05) is 475 Å². The molecule has 2 atom stereocenters. The highest BCUT2D eigenvalue weighted by molar-refractivity contribution is 5.76. The smallest absolute Gasteiger partial charge is 0.305 e. The quantitative estimate of drug-likeness (QED) is 0.0320. The summed E-state index contributed by atoms with van der Waals surface area (Å²) in [4.78, 5) is 24.7. The molecule has 0 saturated carbocycles. The lowest BCUT2D eigenvalue weighted by Crippen LogP contribution is -2.45. The molecular formula is C90H177NO5. The van der Waals surface area contributed by atoms with E-state index in [2.05, 4.69) is 31.3 Å². The van der Waals surface area contributed by atoms with Crippen LogP contribution in [-0.2, 0) is 14.3 Å². The van der Waals surface area contributed by atoms with Crippen LogP contribution in [-0.4, -0.2) is 47.4 Å². The highest BCUT2D eigenvalue weighted by atomic mass is 16.5. The number of unbranched alkanes of at least 4 members (excludes halogenated alkanes) is 73. The van der Waals surface area contributed by atoms with Gasteiger partial charge in [0.05, 0.1) is 25.4 Å². The molecular weight excluding hydrogens is 1170 g/mol. The topological polar surface area (TPSA) is 95.9 Å². The zero-order valence-corrected chi connectivity index (χ0v) is 65.9. The summed E-state index contributed by atoms with van der Waals surface area (Å²) in [7, 11) is 0. The van der Waals surface area contributed by atoms with Crippen molar-refractivity contribution in [2.24, 2.45) is 0 Å². The Hall–Kier alpha value is -1.40. The first kappa shape index (κ1) is 94.6. The van der Waals surface area contributed by atoms with E-state index in [1.807, 2.05) is 0 Å². The minimum Gasteiger partial charge on any atom is -0.466 e. The molecule has 3 N–H and O–H groups in total. The molecule has 0 heterocycles. The summed E-state index contributed by atoms with van der Waals surface area (Å²) in [5.74, 6) is 0.00367. The Labute approximate surface area is 603 Å². The van der Waals surface area contributed by atoms with Crippen LogP contribution in [0.3, 0.4) is 0 Å². The number of hydrogen-bond acceptors (Lipinski definition) is 5. The Morgan fingerprint density at radius 3 is 0.740 bits per heavy atom. The fraction of sp³-hybridized carbons (Fsp3) is 0.956. The third-order valence-electron chi connectivity index (χ3n) is 21.6. The highest BCUT2D eigenvalue weighted by Gasteiger charge is 2.20. The predicted octanol–water partition coefficient (Wildman–Crippen LogP) is 30.2. The van der Waals surface area contributed by atoms with Gasteiger partial charge in [-0.05, 0) is 51.4 Å². The van der Waals surface area contributed by atoms with Crippen molar-refractivity contribution in [2.45, 2.75) is 540 Å². The van der Waals surface area contributed by atoms with Gasteiger partial charge in [-0.3, -0.25) is 9.59 Å². The van der Waals surface area contributed by atoms with Crippen LogP contribution in [0.15, 0.2) is 12.2 Å².